The molecule has 3 aromatic rings. The summed E-state index contributed by atoms with van der Waals surface area (Å²) < 4.78 is 27.5. The van der Waals surface area contributed by atoms with E-state index in [1.54, 1.807) is 35.4 Å². The van der Waals surface area contributed by atoms with Crippen molar-refractivity contribution >= 4 is 27.3 Å². The van der Waals surface area contributed by atoms with Crippen LogP contribution in [0.15, 0.2) is 70.9 Å². The molecule has 0 unspecified atom stereocenters. The van der Waals surface area contributed by atoms with Gasteiger partial charge < -0.3 is 4.90 Å². The number of thiophene rings is 1. The summed E-state index contributed by atoms with van der Waals surface area (Å²) in [4.78, 5) is 15.6. The average molecular weight is 443 g/mol. The molecule has 0 fully saturated rings. The molecule has 1 aromatic heterocycles. The van der Waals surface area contributed by atoms with Crippen LogP contribution in [0.4, 0.5) is 0 Å². The van der Waals surface area contributed by atoms with E-state index in [4.69, 9.17) is 0 Å². The molecule has 0 aliphatic heterocycles. The van der Waals surface area contributed by atoms with E-state index in [2.05, 4.69) is 23.8 Å². The van der Waals surface area contributed by atoms with Crippen LogP contribution >= 0.6 is 11.3 Å². The lowest BCUT2D eigenvalue weighted by atomic mass is 10.1. The van der Waals surface area contributed by atoms with Crippen molar-refractivity contribution in [2.75, 3.05) is 13.6 Å². The van der Waals surface area contributed by atoms with E-state index < -0.39 is 10.0 Å². The molecule has 0 saturated heterocycles. The molecule has 7 heteroatoms. The Balaban J connectivity index is 1.59. The van der Waals surface area contributed by atoms with Crippen LogP contribution in [0, 0.1) is 0 Å². The number of amides is 1. The van der Waals surface area contributed by atoms with Crippen LogP contribution in [-0.2, 0) is 29.4 Å². The molecule has 0 aliphatic carbocycles. The third-order valence-corrected chi connectivity index (χ3v) is 7.27. The summed E-state index contributed by atoms with van der Waals surface area (Å²) in [6, 6.07) is 18.2. The fourth-order valence-corrected chi connectivity index (χ4v) is 4.81. The van der Waals surface area contributed by atoms with Crippen molar-refractivity contribution in [1.82, 2.24) is 9.62 Å². The number of rotatable bonds is 9. The number of nitrogens with zero attached hydrogens (tertiary/aromatic N) is 1. The first-order valence-corrected chi connectivity index (χ1v) is 12.2. The molecule has 1 heterocycles. The zero-order chi connectivity index (χ0) is 21.6. The SMILES string of the molecule is CCc1ccc(CN(C)C(=O)c2ccc(S(=O)(=O)NCCc3cccs3)cc2)cc1. The number of benzene rings is 2. The molecule has 5 nitrogen and oxygen atoms in total. The van der Waals surface area contributed by atoms with Gasteiger partial charge in [0.1, 0.15) is 0 Å². The Bertz CT molecular complexity index is 1060. The van der Waals surface area contributed by atoms with Crippen LogP contribution in [0.2, 0.25) is 0 Å². The zero-order valence-electron chi connectivity index (χ0n) is 17.2. The van der Waals surface area contributed by atoms with Gasteiger partial charge in [0, 0.05) is 30.6 Å². The largest absolute Gasteiger partial charge is 0.337 e. The predicted octanol–water partition coefficient (Wildman–Crippen LogP) is 4.10. The summed E-state index contributed by atoms with van der Waals surface area (Å²) in [5, 5.41) is 1.97. The number of carbonyl (C=O) groups is 1. The van der Waals surface area contributed by atoms with E-state index >= 15 is 0 Å². The highest BCUT2D eigenvalue weighted by Crippen LogP contribution is 2.15. The summed E-state index contributed by atoms with van der Waals surface area (Å²) in [5.41, 5.74) is 2.77. The summed E-state index contributed by atoms with van der Waals surface area (Å²) in [7, 11) is -1.86. The Morgan fingerprint density at radius 2 is 1.67 bits per heavy atom. The van der Waals surface area contributed by atoms with E-state index in [0.29, 0.717) is 25.1 Å². The molecule has 0 saturated carbocycles. The number of carbonyl (C=O) groups excluding carboxylic acids is 1. The Labute approximate surface area is 182 Å². The summed E-state index contributed by atoms with van der Waals surface area (Å²) in [6.07, 6.45) is 1.63. The van der Waals surface area contributed by atoms with Gasteiger partial charge in [-0.25, -0.2) is 13.1 Å². The minimum Gasteiger partial charge on any atom is -0.337 e. The lowest BCUT2D eigenvalue weighted by Crippen LogP contribution is -2.27. The van der Waals surface area contributed by atoms with E-state index in [1.807, 2.05) is 29.6 Å². The maximum absolute atomic E-state index is 12.7. The van der Waals surface area contributed by atoms with Crippen molar-refractivity contribution in [3.63, 3.8) is 0 Å². The lowest BCUT2D eigenvalue weighted by molar-refractivity contribution is 0.0785. The third-order valence-electron chi connectivity index (χ3n) is 4.85. The quantitative estimate of drug-likeness (QED) is 0.542. The van der Waals surface area contributed by atoms with Gasteiger partial charge in [0.05, 0.1) is 4.90 Å². The molecular formula is C23H26N2O3S2. The van der Waals surface area contributed by atoms with Crippen molar-refractivity contribution in [1.29, 1.82) is 0 Å². The second-order valence-electron chi connectivity index (χ2n) is 7.08. The third kappa shape index (κ3) is 5.78. The highest BCUT2D eigenvalue weighted by atomic mass is 32.2. The fourth-order valence-electron chi connectivity index (χ4n) is 3.07. The maximum atomic E-state index is 12.7. The van der Waals surface area contributed by atoms with Crippen molar-refractivity contribution in [3.8, 4) is 0 Å². The van der Waals surface area contributed by atoms with Crippen LogP contribution in [0.5, 0.6) is 0 Å². The monoisotopic (exact) mass is 442 g/mol. The van der Waals surface area contributed by atoms with E-state index in [9.17, 15) is 13.2 Å². The number of sulfonamides is 1. The van der Waals surface area contributed by atoms with Gasteiger partial charge in [-0.15, -0.1) is 11.3 Å². The first-order valence-electron chi connectivity index (χ1n) is 9.84. The van der Waals surface area contributed by atoms with E-state index in [0.717, 1.165) is 16.9 Å². The van der Waals surface area contributed by atoms with Gasteiger partial charge >= 0.3 is 0 Å². The maximum Gasteiger partial charge on any atom is 0.253 e. The van der Waals surface area contributed by atoms with Gasteiger partial charge in [0.2, 0.25) is 10.0 Å². The molecule has 30 heavy (non-hydrogen) atoms. The van der Waals surface area contributed by atoms with Crippen LogP contribution in [0.3, 0.4) is 0 Å². The van der Waals surface area contributed by atoms with Gasteiger partial charge in [-0.3, -0.25) is 4.79 Å². The second-order valence-corrected chi connectivity index (χ2v) is 9.88. The summed E-state index contributed by atoms with van der Waals surface area (Å²) >= 11 is 1.60. The van der Waals surface area contributed by atoms with Crippen molar-refractivity contribution in [3.05, 3.63) is 87.6 Å². The Hall–Kier alpha value is -2.48. The minimum atomic E-state index is -3.60. The number of aryl methyl sites for hydroxylation is 1. The number of hydrogen-bond donors (Lipinski definition) is 1. The molecule has 0 atom stereocenters. The van der Waals surface area contributed by atoms with Crippen molar-refractivity contribution < 1.29 is 13.2 Å². The molecule has 0 radical (unpaired) electrons. The van der Waals surface area contributed by atoms with Crippen molar-refractivity contribution in [2.45, 2.75) is 31.2 Å². The van der Waals surface area contributed by atoms with Crippen LogP contribution in [0.25, 0.3) is 0 Å². The molecule has 0 bridgehead atoms. The van der Waals surface area contributed by atoms with Gasteiger partial charge in [0.25, 0.3) is 5.91 Å². The van der Waals surface area contributed by atoms with E-state index in [1.165, 1.54) is 17.7 Å². The van der Waals surface area contributed by atoms with Crippen LogP contribution in [-0.4, -0.2) is 32.8 Å². The standard InChI is InChI=1S/C23H26N2O3S2/c1-3-18-6-8-19(9-7-18)17-25(2)23(26)20-10-12-22(13-11-20)30(27,28)24-15-14-21-5-4-16-29-21/h4-13,16,24H,3,14-15,17H2,1-2H3. The van der Waals surface area contributed by atoms with Crippen LogP contribution in [0.1, 0.15) is 33.3 Å². The molecule has 2 aromatic carbocycles. The highest BCUT2D eigenvalue weighted by molar-refractivity contribution is 7.89. The second kappa shape index (κ2) is 10.0. The van der Waals surface area contributed by atoms with Crippen molar-refractivity contribution in [2.24, 2.45) is 0 Å². The Kier molecular flexibility index (Phi) is 7.42. The summed E-state index contributed by atoms with van der Waals surface area (Å²) in [6.45, 7) is 2.93. The van der Waals surface area contributed by atoms with Crippen LogP contribution < -0.4 is 4.72 Å². The molecule has 3 rings (SSSR count). The Morgan fingerprint density at radius 3 is 2.27 bits per heavy atom. The predicted molar refractivity (Wildman–Crippen MR) is 121 cm³/mol. The van der Waals surface area contributed by atoms with Gasteiger partial charge in [-0.05, 0) is 59.7 Å². The average Bonchev–Trinajstić information content (AvgIpc) is 3.27. The van der Waals surface area contributed by atoms with Gasteiger partial charge in [-0.1, -0.05) is 37.3 Å². The van der Waals surface area contributed by atoms with E-state index in [-0.39, 0.29) is 10.8 Å². The fraction of sp³-hybridized carbons (Fsp3) is 0.261. The minimum absolute atomic E-state index is 0.149. The smallest absolute Gasteiger partial charge is 0.253 e. The molecule has 0 aliphatic rings. The summed E-state index contributed by atoms with van der Waals surface area (Å²) in [5.74, 6) is -0.149. The highest BCUT2D eigenvalue weighted by Gasteiger charge is 2.16. The number of hydrogen-bond acceptors (Lipinski definition) is 4. The molecule has 0 spiro atoms. The molecular weight excluding hydrogens is 416 g/mol. The normalized spacial score (nSPS) is 11.4. The van der Waals surface area contributed by atoms with Gasteiger partial charge in [0.15, 0.2) is 0 Å². The topological polar surface area (TPSA) is 66.5 Å². The molecule has 1 N–H and O–H groups in total. The number of nitrogens with one attached hydrogen (secondary N) is 1. The first kappa shape index (κ1) is 22.2. The molecule has 1 amide bonds. The van der Waals surface area contributed by atoms with Gasteiger partial charge in [-0.2, -0.15) is 0 Å². The zero-order valence-corrected chi connectivity index (χ0v) is 18.8. The molecule has 158 valence electrons. The first-order chi connectivity index (χ1) is 14.4. The lowest BCUT2D eigenvalue weighted by Gasteiger charge is -2.18. The Morgan fingerprint density at radius 1 is 1.00 bits per heavy atom.